The van der Waals surface area contributed by atoms with E-state index in [1.165, 1.54) is 10.6 Å². The number of rotatable bonds is 3. The number of benzene rings is 1. The summed E-state index contributed by atoms with van der Waals surface area (Å²) in [4.78, 5) is 28.6. The first kappa shape index (κ1) is 24.1. The number of nitriles is 1. The number of anilines is 3. The van der Waals surface area contributed by atoms with Gasteiger partial charge >= 0.3 is 0 Å². The summed E-state index contributed by atoms with van der Waals surface area (Å²) in [5, 5.41) is 8.57. The van der Waals surface area contributed by atoms with E-state index in [0.29, 0.717) is 23.4 Å². The molecule has 0 saturated carbocycles. The van der Waals surface area contributed by atoms with Crippen LogP contribution in [0.15, 0.2) is 52.4 Å². The summed E-state index contributed by atoms with van der Waals surface area (Å²) in [5.41, 5.74) is 16.4. The van der Waals surface area contributed by atoms with E-state index in [2.05, 4.69) is 19.9 Å². The Balaban J connectivity index is 0.000000248. The van der Waals surface area contributed by atoms with E-state index in [4.69, 9.17) is 22.5 Å². The van der Waals surface area contributed by atoms with Crippen molar-refractivity contribution in [1.29, 1.82) is 5.26 Å². The smallest absolute Gasteiger partial charge is 0.267 e. The number of aromatic nitrogens is 5. The normalized spacial score (nSPS) is 10.9. The maximum Gasteiger partial charge on any atom is 0.267 e. The van der Waals surface area contributed by atoms with Crippen molar-refractivity contribution in [1.82, 2.24) is 24.5 Å². The molecule has 13 heteroatoms. The lowest BCUT2D eigenvalue weighted by Gasteiger charge is -2.13. The molecule has 3 aromatic heterocycles. The largest absolute Gasteiger partial charge is 0.382 e. The van der Waals surface area contributed by atoms with E-state index in [0.717, 1.165) is 6.26 Å². The lowest BCUT2D eigenvalue weighted by Crippen LogP contribution is -2.25. The molecule has 6 N–H and O–H groups in total. The second-order valence-corrected chi connectivity index (χ2v) is 8.98. The first-order valence-electron chi connectivity index (χ1n) is 9.82. The van der Waals surface area contributed by atoms with Gasteiger partial charge in [0.2, 0.25) is 5.95 Å². The summed E-state index contributed by atoms with van der Waals surface area (Å²) < 4.78 is 25.4. The standard InChI is InChI=1S/C16H15N3O3S.C5H6N6/c1-3-14-18-12-7-4-8-13(23(2,21)22)15(12)16(20)19(14)11-6-5-9-17-10-11;6-1-2-3(7)10-5(9)11-4(2)8/h4-10H,3H2,1-2H3;(H6,7,8,9,10,11). The van der Waals surface area contributed by atoms with Gasteiger partial charge in [0.25, 0.3) is 5.56 Å². The van der Waals surface area contributed by atoms with Gasteiger partial charge in [-0.3, -0.25) is 14.3 Å². The number of nitrogen functional groups attached to an aromatic ring is 3. The molecule has 3 heterocycles. The Hall–Kier alpha value is -4.57. The Labute approximate surface area is 194 Å². The zero-order valence-corrected chi connectivity index (χ0v) is 19.1. The topological polar surface area (TPSA) is 210 Å². The number of nitrogens with two attached hydrogens (primary N) is 3. The van der Waals surface area contributed by atoms with Crippen LogP contribution in [-0.4, -0.2) is 39.2 Å². The molecule has 0 saturated heterocycles. The fourth-order valence-electron chi connectivity index (χ4n) is 3.17. The quantitative estimate of drug-likeness (QED) is 0.374. The third-order valence-electron chi connectivity index (χ3n) is 4.64. The molecule has 0 spiro atoms. The van der Waals surface area contributed by atoms with Crippen molar-refractivity contribution < 1.29 is 8.42 Å². The van der Waals surface area contributed by atoms with Crippen LogP contribution in [0.1, 0.15) is 18.3 Å². The van der Waals surface area contributed by atoms with Crippen molar-refractivity contribution in [3.63, 3.8) is 0 Å². The Morgan fingerprint density at radius 2 is 1.74 bits per heavy atom. The molecule has 174 valence electrons. The average molecular weight is 480 g/mol. The summed E-state index contributed by atoms with van der Waals surface area (Å²) in [6.07, 6.45) is 4.78. The number of aryl methyl sites for hydroxylation is 1. The van der Waals surface area contributed by atoms with E-state index < -0.39 is 15.4 Å². The number of sulfone groups is 1. The monoisotopic (exact) mass is 479 g/mol. The SMILES string of the molecule is CCc1nc2cccc(S(C)(=O)=O)c2c(=O)n1-c1cccnc1.N#Cc1c(N)nc(N)nc1N. The summed E-state index contributed by atoms with van der Waals surface area (Å²) in [6, 6.07) is 9.89. The molecule has 4 aromatic rings. The third-order valence-corrected chi connectivity index (χ3v) is 5.78. The predicted octanol–water partition coefficient (Wildman–Crippen LogP) is 0.841. The van der Waals surface area contributed by atoms with Crippen LogP contribution in [0.5, 0.6) is 0 Å². The molecule has 0 radical (unpaired) electrons. The van der Waals surface area contributed by atoms with Crippen LogP contribution in [0.4, 0.5) is 17.6 Å². The van der Waals surface area contributed by atoms with E-state index >= 15 is 0 Å². The van der Waals surface area contributed by atoms with Gasteiger partial charge in [-0.05, 0) is 24.3 Å². The molecule has 34 heavy (non-hydrogen) atoms. The maximum atomic E-state index is 13.0. The minimum Gasteiger partial charge on any atom is -0.382 e. The molecule has 0 bridgehead atoms. The Kier molecular flexibility index (Phi) is 6.73. The number of hydrogen-bond donors (Lipinski definition) is 3. The van der Waals surface area contributed by atoms with Crippen LogP contribution in [-0.2, 0) is 16.3 Å². The van der Waals surface area contributed by atoms with Crippen molar-refractivity contribution in [3.8, 4) is 11.8 Å². The number of fused-ring (bicyclic) bond motifs is 1. The molecule has 0 unspecified atom stereocenters. The highest BCUT2D eigenvalue weighted by Crippen LogP contribution is 2.20. The van der Waals surface area contributed by atoms with Crippen LogP contribution in [0.2, 0.25) is 0 Å². The van der Waals surface area contributed by atoms with Gasteiger partial charge in [0.05, 0.1) is 27.7 Å². The molecule has 0 amide bonds. The third kappa shape index (κ3) is 4.76. The van der Waals surface area contributed by atoms with Gasteiger partial charge < -0.3 is 17.2 Å². The molecule has 4 rings (SSSR count). The number of pyridine rings is 1. The molecular formula is C21H21N9O3S. The van der Waals surface area contributed by atoms with E-state index in [-0.39, 0.29) is 33.4 Å². The van der Waals surface area contributed by atoms with E-state index in [1.54, 1.807) is 42.7 Å². The van der Waals surface area contributed by atoms with Gasteiger partial charge in [0, 0.05) is 18.9 Å². The fourth-order valence-corrected chi connectivity index (χ4v) is 4.06. The molecule has 0 aliphatic rings. The van der Waals surface area contributed by atoms with E-state index in [9.17, 15) is 13.2 Å². The molecule has 0 aliphatic carbocycles. The van der Waals surface area contributed by atoms with Crippen LogP contribution in [0, 0.1) is 11.3 Å². The predicted molar refractivity (Wildman–Crippen MR) is 128 cm³/mol. The highest BCUT2D eigenvalue weighted by molar-refractivity contribution is 7.91. The molecule has 12 nitrogen and oxygen atoms in total. The van der Waals surface area contributed by atoms with Gasteiger partial charge in [0.1, 0.15) is 29.1 Å². The van der Waals surface area contributed by atoms with Crippen molar-refractivity contribution in [2.45, 2.75) is 18.2 Å². The molecule has 0 fully saturated rings. The van der Waals surface area contributed by atoms with E-state index in [1.807, 2.05) is 6.92 Å². The Bertz CT molecular complexity index is 1550. The second-order valence-electron chi connectivity index (χ2n) is 6.99. The van der Waals surface area contributed by atoms with Crippen molar-refractivity contribution in [2.24, 2.45) is 0 Å². The van der Waals surface area contributed by atoms with Crippen molar-refractivity contribution in [2.75, 3.05) is 23.5 Å². The first-order chi connectivity index (χ1) is 16.1. The highest BCUT2D eigenvalue weighted by Gasteiger charge is 2.19. The number of hydrogen-bond acceptors (Lipinski definition) is 11. The lowest BCUT2D eigenvalue weighted by molar-refractivity contribution is 0.602. The molecule has 0 atom stereocenters. The van der Waals surface area contributed by atoms with Gasteiger partial charge in [-0.2, -0.15) is 15.2 Å². The fraction of sp³-hybridized carbons (Fsp3) is 0.143. The van der Waals surface area contributed by atoms with Crippen LogP contribution in [0.25, 0.3) is 16.6 Å². The van der Waals surface area contributed by atoms with Crippen molar-refractivity contribution in [3.05, 3.63) is 64.5 Å². The Morgan fingerprint density at radius 1 is 1.06 bits per heavy atom. The molecular weight excluding hydrogens is 458 g/mol. The van der Waals surface area contributed by atoms with Gasteiger partial charge in [-0.25, -0.2) is 13.4 Å². The van der Waals surface area contributed by atoms with Gasteiger partial charge in [-0.1, -0.05) is 13.0 Å². The summed E-state index contributed by atoms with van der Waals surface area (Å²) in [5.74, 6) is 0.551. The zero-order chi connectivity index (χ0) is 25.0. The van der Waals surface area contributed by atoms with Gasteiger partial charge in [-0.15, -0.1) is 0 Å². The van der Waals surface area contributed by atoms with Crippen LogP contribution in [0.3, 0.4) is 0 Å². The Morgan fingerprint density at radius 3 is 2.26 bits per heavy atom. The highest BCUT2D eigenvalue weighted by atomic mass is 32.2. The number of nitrogens with zero attached hydrogens (tertiary/aromatic N) is 6. The van der Waals surface area contributed by atoms with Crippen LogP contribution >= 0.6 is 0 Å². The average Bonchev–Trinajstić information content (AvgIpc) is 2.78. The molecule has 1 aromatic carbocycles. The zero-order valence-electron chi connectivity index (χ0n) is 18.3. The summed E-state index contributed by atoms with van der Waals surface area (Å²) in [6.45, 7) is 1.89. The lowest BCUT2D eigenvalue weighted by atomic mass is 10.2. The summed E-state index contributed by atoms with van der Waals surface area (Å²) in [7, 11) is -3.54. The van der Waals surface area contributed by atoms with Gasteiger partial charge in [0.15, 0.2) is 9.84 Å². The van der Waals surface area contributed by atoms with Crippen molar-refractivity contribution >= 4 is 38.3 Å². The minimum atomic E-state index is -3.54. The van der Waals surface area contributed by atoms with Crippen LogP contribution < -0.4 is 22.8 Å². The summed E-state index contributed by atoms with van der Waals surface area (Å²) >= 11 is 0. The molecule has 0 aliphatic heterocycles. The maximum absolute atomic E-state index is 13.0. The first-order valence-corrected chi connectivity index (χ1v) is 11.7. The second kappa shape index (κ2) is 9.51. The minimum absolute atomic E-state index is 0.00667.